The first-order valence-electron chi connectivity index (χ1n) is 30.4. The molecule has 0 aromatic heterocycles. The van der Waals surface area contributed by atoms with E-state index in [9.17, 15) is 92.3 Å². The first-order valence-corrected chi connectivity index (χ1v) is 31.5. The van der Waals surface area contributed by atoms with Crippen LogP contribution in [0.4, 0.5) is 0 Å². The Kier molecular flexibility index (Phi) is 28.2. The Hall–Kier alpha value is -11.1. The number of nitrogens with one attached hydrogen (secondary N) is 11. The van der Waals surface area contributed by atoms with Crippen LogP contribution in [0.2, 0.25) is 0 Å². The summed E-state index contributed by atoms with van der Waals surface area (Å²) in [7, 11) is 0. The van der Waals surface area contributed by atoms with Crippen LogP contribution in [0.15, 0.2) is 97.1 Å². The summed E-state index contributed by atoms with van der Waals surface area (Å²) in [6.45, 7) is 1.62. The lowest BCUT2D eigenvalue weighted by Crippen LogP contribution is -2.60. The molecule has 8 bridgehead atoms. The van der Waals surface area contributed by atoms with Crippen molar-refractivity contribution < 1.29 is 102 Å². The molecular weight excluding hydrogens is 1290 g/mol. The molecule has 0 saturated heterocycles. The number of hydrogen-bond donors (Lipinski definition) is 15. The van der Waals surface area contributed by atoms with Crippen LogP contribution in [0, 0.1) is 0 Å². The van der Waals surface area contributed by atoms with Crippen molar-refractivity contribution in [1.29, 1.82) is 0 Å². The summed E-state index contributed by atoms with van der Waals surface area (Å²) >= 11 is 1.14. The molecule has 518 valence electrons. The zero-order valence-electron chi connectivity index (χ0n) is 52.8. The summed E-state index contributed by atoms with van der Waals surface area (Å²) < 4.78 is 12.4. The number of benzene rings is 4. The summed E-state index contributed by atoms with van der Waals surface area (Å²) in [6.07, 6.45) is -4.29. The van der Waals surface area contributed by atoms with E-state index in [0.717, 1.165) is 25.6 Å². The average Bonchev–Trinajstić information content (AvgIpc) is 0.989. The number of carbonyl (C=O) groups excluding carboxylic acids is 11. The van der Waals surface area contributed by atoms with E-state index in [0.29, 0.717) is 39.1 Å². The standard InChI is InChI=1S/C64H75N11O21S/c1-33-56(85)65-27-51(77)70-44(17-18-53(79)80)59(88)73-47-24-38-11-15-43(16-12-38)96-30-40-19-39(29-95-42-13-9-37(10-14-42)23-46(69-35(3)76)62(91)74-48(25-54(81)82)60(89)67-33)20-41(21-40)31-97-32-50(64(93)94)71-52(78)28-66-58(87)45(22-36-7-5-4-6-8-36)72-57(86)34(2)68-61(90)49(26-55(83)84)75-63(47)92/h4-16,19-21,33-34,44-50H,17-18,22-32H2,1-3H3,(H,65,85)(H,66,87)(H,67,89)(H,68,90)(H,69,76)(H,70,77)(H,71,78)(H,72,86)(H,73,88)(H,74,91)(H,75,92)(H,79,80)(H,81,82)(H,83,84)(H,93,94)/t33-,34-,44-,45-,46-,47-,48-,49-,50-/m0/s1. The molecule has 9 atom stereocenters. The van der Waals surface area contributed by atoms with Crippen molar-refractivity contribution in [2.75, 3.05) is 18.8 Å². The van der Waals surface area contributed by atoms with E-state index >= 15 is 0 Å². The van der Waals surface area contributed by atoms with Gasteiger partial charge in [-0.1, -0.05) is 66.7 Å². The number of carboxylic acid groups (broad SMARTS) is 4. The minimum absolute atomic E-state index is 0.0576. The number of fused-ring (bicyclic) bond motifs is 36. The van der Waals surface area contributed by atoms with E-state index in [4.69, 9.17) is 9.47 Å². The van der Waals surface area contributed by atoms with Gasteiger partial charge in [0.2, 0.25) is 65.0 Å². The quantitative estimate of drug-likeness (QED) is 0.0721. The molecule has 97 heavy (non-hydrogen) atoms. The Morgan fingerprint density at radius 3 is 1.53 bits per heavy atom. The molecule has 0 radical (unpaired) electrons. The second-order valence-corrected chi connectivity index (χ2v) is 23.8. The van der Waals surface area contributed by atoms with Gasteiger partial charge in [0.15, 0.2) is 0 Å². The molecule has 8 rings (SSSR count). The number of carboxylic acids is 4. The van der Waals surface area contributed by atoms with Crippen LogP contribution in [0.25, 0.3) is 0 Å². The molecule has 4 aromatic carbocycles. The first kappa shape index (κ1) is 74.9. The molecule has 4 aromatic rings. The highest BCUT2D eigenvalue weighted by molar-refractivity contribution is 7.98. The van der Waals surface area contributed by atoms with Crippen LogP contribution < -0.4 is 68.0 Å². The predicted molar refractivity (Wildman–Crippen MR) is 341 cm³/mol. The average molecular weight is 1370 g/mol. The monoisotopic (exact) mass is 1370 g/mol. The van der Waals surface area contributed by atoms with Crippen LogP contribution in [0.5, 0.6) is 11.5 Å². The Labute approximate surface area is 558 Å². The molecule has 4 heterocycles. The van der Waals surface area contributed by atoms with Crippen molar-refractivity contribution in [3.05, 3.63) is 130 Å². The highest BCUT2D eigenvalue weighted by Gasteiger charge is 2.35. The molecule has 33 heteroatoms. The van der Waals surface area contributed by atoms with Gasteiger partial charge in [0.25, 0.3) is 0 Å². The lowest BCUT2D eigenvalue weighted by molar-refractivity contribution is -0.142. The van der Waals surface area contributed by atoms with Gasteiger partial charge in [-0.05, 0) is 84.0 Å². The smallest absolute Gasteiger partial charge is 0.327 e. The van der Waals surface area contributed by atoms with Gasteiger partial charge in [-0.25, -0.2) is 4.79 Å². The highest BCUT2D eigenvalue weighted by atomic mass is 32.2. The van der Waals surface area contributed by atoms with Gasteiger partial charge in [0.1, 0.15) is 79.1 Å². The molecule has 4 aliphatic rings. The number of rotatable bonds is 11. The highest BCUT2D eigenvalue weighted by Crippen LogP contribution is 2.23. The van der Waals surface area contributed by atoms with Crippen LogP contribution in [-0.2, 0) is 110 Å². The molecule has 0 saturated carbocycles. The molecule has 0 aliphatic carbocycles. The lowest BCUT2D eigenvalue weighted by Gasteiger charge is -2.26. The predicted octanol–water partition coefficient (Wildman–Crippen LogP) is -2.01. The fraction of sp³-hybridized carbons (Fsp3) is 0.391. The minimum atomic E-state index is -1.99. The van der Waals surface area contributed by atoms with Gasteiger partial charge in [0.05, 0.1) is 25.9 Å². The fourth-order valence-corrected chi connectivity index (χ4v) is 10.8. The molecule has 0 unspecified atom stereocenters. The van der Waals surface area contributed by atoms with Crippen molar-refractivity contribution in [2.24, 2.45) is 0 Å². The topological polar surface area (TPSA) is 488 Å². The van der Waals surface area contributed by atoms with Gasteiger partial charge in [0, 0.05) is 44.1 Å². The Bertz CT molecular complexity index is 3580. The molecule has 32 nitrogen and oxygen atoms in total. The number of thioether (sulfide) groups is 1. The number of amides is 11. The van der Waals surface area contributed by atoms with Crippen molar-refractivity contribution >= 4 is 101 Å². The molecule has 4 aliphatic heterocycles. The van der Waals surface area contributed by atoms with Crippen molar-refractivity contribution in [2.45, 2.75) is 139 Å². The fourth-order valence-electron chi connectivity index (χ4n) is 9.81. The van der Waals surface area contributed by atoms with Crippen molar-refractivity contribution in [3.8, 4) is 11.5 Å². The summed E-state index contributed by atoms with van der Waals surface area (Å²) in [5, 5.41) is 65.5. The van der Waals surface area contributed by atoms with Crippen LogP contribution in [0.3, 0.4) is 0 Å². The maximum atomic E-state index is 14.5. The van der Waals surface area contributed by atoms with E-state index in [1.807, 2.05) is 0 Å². The second-order valence-electron chi connectivity index (χ2n) is 22.7. The van der Waals surface area contributed by atoms with Gasteiger partial charge < -0.3 is 88.4 Å². The SMILES string of the molecule is CC(=O)N[C@H]1Cc2ccc(cc2)OCc2cc3cc(c2)CSC[C@@H](C(=O)O)NC(=O)CNC(=O)[C@H](Cc2ccccc2)NC(=O)[C@H](C)NC(=O)[C@H](CC(=O)O)NC(=O)[C@H](Cc2ccc(cc2)OC3)NC(=O)[C@H](CCC(=O)O)NC(=O)CNC(=O)[C@H](C)NC(=O)[C@H](CC(=O)O)NC1=O. The van der Waals surface area contributed by atoms with Gasteiger partial charge in [-0.2, -0.15) is 11.8 Å². The van der Waals surface area contributed by atoms with Gasteiger partial charge >= 0.3 is 23.9 Å². The summed E-state index contributed by atoms with van der Waals surface area (Å²) in [4.78, 5) is 199. The first-order chi connectivity index (χ1) is 46.1. The van der Waals surface area contributed by atoms with Crippen molar-refractivity contribution in [3.63, 3.8) is 0 Å². The van der Waals surface area contributed by atoms with E-state index in [1.165, 1.54) is 31.2 Å². The third-order valence-electron chi connectivity index (χ3n) is 14.8. The molecule has 0 spiro atoms. The normalized spacial score (nSPS) is 22.9. The van der Waals surface area contributed by atoms with Gasteiger partial charge in [-0.3, -0.25) is 67.1 Å². The van der Waals surface area contributed by atoms with Crippen LogP contribution >= 0.6 is 11.8 Å². The molecular formula is C64H75N11O21S. The molecule has 0 fully saturated rings. The van der Waals surface area contributed by atoms with Crippen LogP contribution in [-0.4, -0.2) is 183 Å². The maximum Gasteiger partial charge on any atom is 0.327 e. The Morgan fingerprint density at radius 2 is 0.990 bits per heavy atom. The van der Waals surface area contributed by atoms with E-state index in [-0.39, 0.29) is 43.3 Å². The molecule has 11 amide bonds. The maximum absolute atomic E-state index is 14.5. The summed E-state index contributed by atoms with van der Waals surface area (Å²) in [5.74, 6) is -16.8. The number of hydrogen-bond acceptors (Lipinski definition) is 18. The minimum Gasteiger partial charge on any atom is -0.489 e. The Balaban J connectivity index is 1.41. The summed E-state index contributed by atoms with van der Waals surface area (Å²) in [6, 6.07) is 11.2. The number of carbonyl (C=O) groups is 15. The zero-order chi connectivity index (χ0) is 70.9. The lowest BCUT2D eigenvalue weighted by atomic mass is 10.0. The third-order valence-corrected chi connectivity index (χ3v) is 15.9. The van der Waals surface area contributed by atoms with Crippen LogP contribution in [0.1, 0.15) is 79.8 Å². The zero-order valence-corrected chi connectivity index (χ0v) is 53.6. The summed E-state index contributed by atoms with van der Waals surface area (Å²) in [5.41, 5.74) is 3.15. The molecule has 15 N–H and O–H groups in total. The third kappa shape index (κ3) is 25.3. The van der Waals surface area contributed by atoms with E-state index in [2.05, 4.69) is 58.5 Å². The van der Waals surface area contributed by atoms with Crippen molar-refractivity contribution in [1.82, 2.24) is 58.5 Å². The van der Waals surface area contributed by atoms with Gasteiger partial charge in [-0.15, -0.1) is 0 Å². The largest absolute Gasteiger partial charge is 0.489 e. The Morgan fingerprint density at radius 1 is 0.495 bits per heavy atom. The number of ether oxygens (including phenoxy) is 2. The van der Waals surface area contributed by atoms with E-state index < -0.39 is 188 Å². The number of aliphatic carboxylic acids is 4. The van der Waals surface area contributed by atoms with E-state index in [1.54, 1.807) is 72.8 Å². The second kappa shape index (κ2) is 36.5.